The van der Waals surface area contributed by atoms with Crippen LogP contribution in [0.15, 0.2) is 36.4 Å². The van der Waals surface area contributed by atoms with Crippen LogP contribution in [0, 0.1) is 0 Å². The number of imidazole rings is 1. The van der Waals surface area contributed by atoms with Crippen LogP contribution in [0.5, 0.6) is 0 Å². The van der Waals surface area contributed by atoms with Gasteiger partial charge in [-0.1, -0.05) is 22.9 Å². The number of carbonyl (C=O) groups excluding carboxylic acids is 1. The molecule has 152 valence electrons. The van der Waals surface area contributed by atoms with E-state index in [0.717, 1.165) is 32.8 Å². The number of amides is 1. The van der Waals surface area contributed by atoms with E-state index in [1.165, 1.54) is 11.3 Å². The van der Waals surface area contributed by atoms with Crippen LogP contribution in [-0.2, 0) is 7.05 Å². The highest BCUT2D eigenvalue weighted by atomic mass is 35.5. The first-order valence-corrected chi connectivity index (χ1v) is 10.0. The number of hydrogen-bond acceptors (Lipinski definition) is 6. The lowest BCUT2D eigenvalue weighted by atomic mass is 10.2. The Balaban J connectivity index is 0.00000240. The van der Waals surface area contributed by atoms with Crippen molar-refractivity contribution < 1.29 is 4.79 Å². The Labute approximate surface area is 182 Å². The third-order valence-electron chi connectivity index (χ3n) is 4.38. The lowest BCUT2D eigenvalue weighted by Crippen LogP contribution is -2.25. The summed E-state index contributed by atoms with van der Waals surface area (Å²) in [6.45, 7) is 1.11. The number of benzene rings is 2. The van der Waals surface area contributed by atoms with E-state index in [9.17, 15) is 4.79 Å². The highest BCUT2D eigenvalue weighted by Gasteiger charge is 2.13. The topological polar surface area (TPSA) is 97.9 Å². The van der Waals surface area contributed by atoms with Crippen LogP contribution in [0.3, 0.4) is 0 Å². The predicted octanol–water partition coefficient (Wildman–Crippen LogP) is 4.08. The Bertz CT molecular complexity index is 1170. The monoisotopic (exact) mass is 450 g/mol. The van der Waals surface area contributed by atoms with Crippen molar-refractivity contribution in [1.82, 2.24) is 19.9 Å². The van der Waals surface area contributed by atoms with Crippen molar-refractivity contribution in [3.05, 3.63) is 47.0 Å². The first kappa shape index (κ1) is 21.3. The summed E-state index contributed by atoms with van der Waals surface area (Å²) in [5.74, 6) is 0.527. The summed E-state index contributed by atoms with van der Waals surface area (Å²) in [5, 5.41) is 7.53. The van der Waals surface area contributed by atoms with Crippen LogP contribution >= 0.6 is 35.3 Å². The third-order valence-corrected chi connectivity index (χ3v) is 5.55. The highest BCUT2D eigenvalue weighted by molar-refractivity contribution is 7.22. The molecule has 0 spiro atoms. The number of fused-ring (bicyclic) bond motifs is 2. The van der Waals surface area contributed by atoms with Gasteiger partial charge in [-0.25, -0.2) is 9.97 Å². The maximum Gasteiger partial charge on any atom is 0.251 e. The van der Waals surface area contributed by atoms with Crippen molar-refractivity contribution in [2.45, 2.75) is 6.42 Å². The first-order chi connectivity index (χ1) is 13.5. The van der Waals surface area contributed by atoms with Gasteiger partial charge in [-0.2, -0.15) is 0 Å². The van der Waals surface area contributed by atoms with Gasteiger partial charge in [0, 0.05) is 24.2 Å². The molecule has 2 heterocycles. The van der Waals surface area contributed by atoms with Crippen LogP contribution in [0.2, 0.25) is 5.02 Å². The molecule has 0 bridgehead atoms. The summed E-state index contributed by atoms with van der Waals surface area (Å²) in [4.78, 5) is 21.4. The summed E-state index contributed by atoms with van der Waals surface area (Å²) in [6.07, 6.45) is 0.749. The number of aromatic nitrogens is 3. The normalized spacial score (nSPS) is 10.9. The quantitative estimate of drug-likeness (QED) is 0.384. The molecule has 1 amide bonds. The Kier molecular flexibility index (Phi) is 6.59. The molecule has 2 aromatic heterocycles. The average molecular weight is 451 g/mol. The summed E-state index contributed by atoms with van der Waals surface area (Å²) >= 11 is 7.56. The number of nitrogens with zero attached hydrogens (tertiary/aromatic N) is 3. The smallest absolute Gasteiger partial charge is 0.251 e. The minimum Gasteiger partial charge on any atom is -0.352 e. The molecule has 0 unspecified atom stereocenters. The Hall–Kier alpha value is -2.39. The maximum atomic E-state index is 12.3. The van der Waals surface area contributed by atoms with E-state index in [1.807, 2.05) is 35.9 Å². The van der Waals surface area contributed by atoms with Crippen LogP contribution in [0.25, 0.3) is 21.3 Å². The second kappa shape index (κ2) is 8.96. The zero-order valence-electron chi connectivity index (χ0n) is 15.6. The molecule has 0 aliphatic carbocycles. The van der Waals surface area contributed by atoms with E-state index in [0.29, 0.717) is 29.6 Å². The summed E-state index contributed by atoms with van der Waals surface area (Å²) in [6, 6.07) is 11.1. The molecule has 10 heteroatoms. The third kappa shape index (κ3) is 4.45. The van der Waals surface area contributed by atoms with Crippen molar-refractivity contribution in [3.8, 4) is 0 Å². The van der Waals surface area contributed by atoms with E-state index in [-0.39, 0.29) is 18.3 Å². The lowest BCUT2D eigenvalue weighted by molar-refractivity contribution is 0.0953. The number of nitrogens with one attached hydrogen (secondary N) is 2. The molecular formula is C19H20Cl2N6OS. The van der Waals surface area contributed by atoms with Gasteiger partial charge in [0.1, 0.15) is 0 Å². The zero-order chi connectivity index (χ0) is 19.7. The molecule has 0 aliphatic heterocycles. The molecule has 29 heavy (non-hydrogen) atoms. The number of aryl methyl sites for hydroxylation is 1. The molecule has 4 rings (SSSR count). The number of hydrogen-bond donors (Lipinski definition) is 3. The summed E-state index contributed by atoms with van der Waals surface area (Å²) in [7, 11) is 1.92. The largest absolute Gasteiger partial charge is 0.352 e. The van der Waals surface area contributed by atoms with Crippen LogP contribution in [-0.4, -0.2) is 33.5 Å². The number of thiazole rings is 1. The molecule has 0 saturated carbocycles. The Morgan fingerprint density at radius 2 is 2.03 bits per heavy atom. The van der Waals surface area contributed by atoms with Gasteiger partial charge >= 0.3 is 0 Å². The van der Waals surface area contributed by atoms with E-state index in [4.69, 9.17) is 17.3 Å². The molecule has 0 aliphatic rings. The van der Waals surface area contributed by atoms with Gasteiger partial charge in [-0.3, -0.25) is 4.79 Å². The number of anilines is 2. The second-order valence-corrected chi connectivity index (χ2v) is 7.82. The summed E-state index contributed by atoms with van der Waals surface area (Å²) < 4.78 is 2.94. The van der Waals surface area contributed by atoms with Gasteiger partial charge < -0.3 is 20.9 Å². The van der Waals surface area contributed by atoms with Crippen molar-refractivity contribution in [3.63, 3.8) is 0 Å². The molecule has 4 N–H and O–H groups in total. The van der Waals surface area contributed by atoms with Gasteiger partial charge in [-0.05, 0) is 49.4 Å². The van der Waals surface area contributed by atoms with Gasteiger partial charge in [0.25, 0.3) is 5.91 Å². The van der Waals surface area contributed by atoms with E-state index < -0.39 is 0 Å². The molecule has 0 atom stereocenters. The molecule has 2 aromatic carbocycles. The minimum atomic E-state index is -0.126. The first-order valence-electron chi connectivity index (χ1n) is 8.83. The molecular weight excluding hydrogens is 431 g/mol. The molecule has 0 radical (unpaired) electrons. The molecule has 0 fully saturated rings. The SMILES string of the molecule is Cl.Cn1c(Nc2nc3ccc(Cl)cc3s2)nc2cc(C(=O)NCCCN)ccc21. The fourth-order valence-electron chi connectivity index (χ4n) is 2.91. The second-order valence-electron chi connectivity index (χ2n) is 6.35. The summed E-state index contributed by atoms with van der Waals surface area (Å²) in [5.41, 5.74) is 8.57. The maximum absolute atomic E-state index is 12.3. The average Bonchev–Trinajstić information content (AvgIpc) is 3.21. The van der Waals surface area contributed by atoms with E-state index in [2.05, 4.69) is 20.6 Å². The van der Waals surface area contributed by atoms with Crippen molar-refractivity contribution in [2.24, 2.45) is 12.8 Å². The fraction of sp³-hybridized carbons (Fsp3) is 0.211. The van der Waals surface area contributed by atoms with Crippen molar-refractivity contribution >= 4 is 73.6 Å². The number of halogens is 2. The zero-order valence-corrected chi connectivity index (χ0v) is 18.0. The van der Waals surface area contributed by atoms with Crippen LogP contribution in [0.1, 0.15) is 16.8 Å². The van der Waals surface area contributed by atoms with Gasteiger partial charge in [0.2, 0.25) is 5.95 Å². The molecule has 4 aromatic rings. The number of rotatable bonds is 6. The highest BCUT2D eigenvalue weighted by Crippen LogP contribution is 2.30. The standard InChI is InChI=1S/C19H19ClN6OS.ClH/c1-26-15-6-3-11(17(27)22-8-2-7-21)9-14(15)23-18(26)25-19-24-13-5-4-12(20)10-16(13)28-19;/h3-6,9-10H,2,7-8,21H2,1H3,(H,22,27)(H,23,24,25);1H. The van der Waals surface area contributed by atoms with Crippen LogP contribution in [0.4, 0.5) is 11.1 Å². The van der Waals surface area contributed by atoms with Gasteiger partial charge in [0.15, 0.2) is 5.13 Å². The molecule has 7 nitrogen and oxygen atoms in total. The molecule has 0 saturated heterocycles. The lowest BCUT2D eigenvalue weighted by Gasteiger charge is -2.04. The Morgan fingerprint density at radius 1 is 1.21 bits per heavy atom. The van der Waals surface area contributed by atoms with Gasteiger partial charge in [-0.15, -0.1) is 12.4 Å². The Morgan fingerprint density at radius 3 is 2.83 bits per heavy atom. The van der Waals surface area contributed by atoms with Gasteiger partial charge in [0.05, 0.1) is 21.3 Å². The van der Waals surface area contributed by atoms with Crippen LogP contribution < -0.4 is 16.4 Å². The minimum absolute atomic E-state index is 0. The van der Waals surface area contributed by atoms with Crippen molar-refractivity contribution in [1.29, 1.82) is 0 Å². The van der Waals surface area contributed by atoms with E-state index >= 15 is 0 Å². The van der Waals surface area contributed by atoms with Crippen molar-refractivity contribution in [2.75, 3.05) is 18.4 Å². The fourth-order valence-corrected chi connectivity index (χ4v) is 4.04. The van der Waals surface area contributed by atoms with E-state index in [1.54, 1.807) is 12.1 Å². The number of nitrogens with two attached hydrogens (primary N) is 1. The number of carbonyl (C=O) groups is 1. The predicted molar refractivity (Wildman–Crippen MR) is 122 cm³/mol.